The summed E-state index contributed by atoms with van der Waals surface area (Å²) >= 11 is 0. The average molecular weight is 408 g/mol. The van der Waals surface area contributed by atoms with Crippen molar-refractivity contribution in [3.8, 4) is 11.5 Å². The second-order valence-electron chi connectivity index (χ2n) is 6.20. The third-order valence-electron chi connectivity index (χ3n) is 4.35. The number of methoxy groups -OCH3 is 2. The van der Waals surface area contributed by atoms with Gasteiger partial charge in [0.05, 0.1) is 31.9 Å². The highest BCUT2D eigenvalue weighted by atomic mass is 16.6. The summed E-state index contributed by atoms with van der Waals surface area (Å²) in [4.78, 5) is 22.7. The van der Waals surface area contributed by atoms with Gasteiger partial charge in [0, 0.05) is 28.8 Å². The van der Waals surface area contributed by atoms with Gasteiger partial charge in [0.2, 0.25) is 5.75 Å². The second kappa shape index (κ2) is 9.37. The number of carbonyl (C=O) groups is 1. The summed E-state index contributed by atoms with van der Waals surface area (Å²) in [6.07, 6.45) is 1.28. The minimum atomic E-state index is -0.567. The van der Waals surface area contributed by atoms with Crippen molar-refractivity contribution < 1.29 is 19.2 Å². The lowest BCUT2D eigenvalue weighted by molar-refractivity contribution is -0.385. The Balaban J connectivity index is 1.67. The van der Waals surface area contributed by atoms with Gasteiger partial charge in [-0.2, -0.15) is 5.10 Å². The molecule has 0 bridgehead atoms. The maximum Gasteiger partial charge on any atom is 0.311 e. The summed E-state index contributed by atoms with van der Waals surface area (Å²) < 4.78 is 10.2. The quantitative estimate of drug-likeness (QED) is 0.336. The molecule has 30 heavy (non-hydrogen) atoms. The molecule has 0 fully saturated rings. The zero-order valence-corrected chi connectivity index (χ0v) is 16.4. The van der Waals surface area contributed by atoms with E-state index in [4.69, 9.17) is 9.47 Å². The number of benzene rings is 3. The van der Waals surface area contributed by atoms with Crippen molar-refractivity contribution in [3.63, 3.8) is 0 Å². The van der Waals surface area contributed by atoms with Crippen LogP contribution < -0.4 is 20.2 Å². The first-order valence-electron chi connectivity index (χ1n) is 8.97. The second-order valence-corrected chi connectivity index (χ2v) is 6.20. The van der Waals surface area contributed by atoms with Gasteiger partial charge in [0.1, 0.15) is 5.75 Å². The number of hydrazone groups is 1. The number of carbonyl (C=O) groups excluding carboxylic acids is 1. The molecule has 0 saturated heterocycles. The van der Waals surface area contributed by atoms with E-state index >= 15 is 0 Å². The van der Waals surface area contributed by atoms with E-state index in [1.165, 1.54) is 32.6 Å². The van der Waals surface area contributed by atoms with Crippen LogP contribution in [0.5, 0.6) is 11.5 Å². The van der Waals surface area contributed by atoms with Crippen LogP contribution in [0.3, 0.4) is 0 Å². The van der Waals surface area contributed by atoms with Gasteiger partial charge >= 0.3 is 5.69 Å². The molecule has 0 aromatic heterocycles. The monoisotopic (exact) mass is 408 g/mol. The van der Waals surface area contributed by atoms with E-state index in [-0.39, 0.29) is 23.9 Å². The number of fused-ring (bicyclic) bond motifs is 1. The first-order valence-corrected chi connectivity index (χ1v) is 8.97. The van der Waals surface area contributed by atoms with Crippen molar-refractivity contribution in [3.05, 3.63) is 70.3 Å². The van der Waals surface area contributed by atoms with Crippen LogP contribution in [0.4, 0.5) is 11.4 Å². The van der Waals surface area contributed by atoms with E-state index in [0.717, 1.165) is 16.5 Å². The van der Waals surface area contributed by atoms with Crippen molar-refractivity contribution in [1.29, 1.82) is 0 Å². The van der Waals surface area contributed by atoms with E-state index in [1.807, 2.05) is 42.5 Å². The topological polar surface area (TPSA) is 115 Å². The number of hydrogen-bond donors (Lipinski definition) is 2. The fraction of sp³-hybridized carbons (Fsp3) is 0.143. The van der Waals surface area contributed by atoms with Gasteiger partial charge in [-0.05, 0) is 11.5 Å². The molecule has 1 amide bonds. The van der Waals surface area contributed by atoms with Crippen LogP contribution in [0, 0.1) is 10.1 Å². The Morgan fingerprint density at radius 1 is 1.10 bits per heavy atom. The molecular weight excluding hydrogens is 388 g/mol. The number of ether oxygens (including phenoxy) is 2. The number of amides is 1. The predicted octanol–water partition coefficient (Wildman–Crippen LogP) is 3.33. The molecule has 0 unspecified atom stereocenters. The number of nitro benzene ring substituents is 1. The largest absolute Gasteiger partial charge is 0.496 e. The molecule has 0 saturated carbocycles. The molecule has 0 spiro atoms. The SMILES string of the molecule is COc1cc(OC)c([N+](=O)[O-])cc1/C=N\NC(=O)CNc1cccc2ccccc12. The zero-order chi connectivity index (χ0) is 21.5. The van der Waals surface area contributed by atoms with Crippen LogP contribution in [0.1, 0.15) is 5.56 Å². The van der Waals surface area contributed by atoms with Gasteiger partial charge in [-0.3, -0.25) is 14.9 Å². The summed E-state index contributed by atoms with van der Waals surface area (Å²) in [6, 6.07) is 16.3. The van der Waals surface area contributed by atoms with E-state index in [0.29, 0.717) is 11.3 Å². The van der Waals surface area contributed by atoms with Crippen LogP contribution in [-0.2, 0) is 4.79 Å². The normalized spacial score (nSPS) is 10.7. The minimum Gasteiger partial charge on any atom is -0.496 e. The van der Waals surface area contributed by atoms with Crippen LogP contribution in [0.15, 0.2) is 59.7 Å². The smallest absolute Gasteiger partial charge is 0.311 e. The van der Waals surface area contributed by atoms with Gasteiger partial charge in [0.25, 0.3) is 5.91 Å². The number of rotatable bonds is 8. The van der Waals surface area contributed by atoms with Crippen LogP contribution in [0.2, 0.25) is 0 Å². The fourth-order valence-electron chi connectivity index (χ4n) is 2.92. The van der Waals surface area contributed by atoms with E-state index in [9.17, 15) is 14.9 Å². The molecule has 0 aliphatic rings. The van der Waals surface area contributed by atoms with E-state index in [1.54, 1.807) is 0 Å². The van der Waals surface area contributed by atoms with Crippen molar-refractivity contribution in [2.45, 2.75) is 0 Å². The van der Waals surface area contributed by atoms with Crippen molar-refractivity contribution in [2.24, 2.45) is 5.10 Å². The standard InChI is InChI=1S/C21H20N4O5/c1-29-19-11-20(30-2)18(25(27)28)10-15(19)12-23-24-21(26)13-22-17-9-5-7-14-6-3-4-8-16(14)17/h3-12,22H,13H2,1-2H3,(H,24,26)/b23-12-. The lowest BCUT2D eigenvalue weighted by Crippen LogP contribution is -2.26. The summed E-state index contributed by atoms with van der Waals surface area (Å²) in [6.45, 7) is 0.00520. The number of nitro groups is 1. The highest BCUT2D eigenvalue weighted by molar-refractivity contribution is 5.95. The molecule has 3 aromatic carbocycles. The molecule has 3 rings (SSSR count). The maximum absolute atomic E-state index is 12.1. The van der Waals surface area contributed by atoms with Crippen molar-refractivity contribution >= 4 is 34.3 Å². The van der Waals surface area contributed by atoms with Crippen molar-refractivity contribution in [1.82, 2.24) is 5.43 Å². The molecule has 0 aliphatic carbocycles. The van der Waals surface area contributed by atoms with E-state index < -0.39 is 4.92 Å². The Morgan fingerprint density at radius 2 is 1.83 bits per heavy atom. The third-order valence-corrected chi connectivity index (χ3v) is 4.35. The highest BCUT2D eigenvalue weighted by Gasteiger charge is 2.18. The number of anilines is 1. The maximum atomic E-state index is 12.1. The third kappa shape index (κ3) is 4.64. The van der Waals surface area contributed by atoms with Gasteiger partial charge in [-0.25, -0.2) is 5.43 Å². The summed E-state index contributed by atoms with van der Waals surface area (Å²) in [5.41, 5.74) is 3.32. The molecular formula is C21H20N4O5. The summed E-state index contributed by atoms with van der Waals surface area (Å²) in [5, 5.41) is 20.2. The fourth-order valence-corrected chi connectivity index (χ4v) is 2.92. The van der Waals surface area contributed by atoms with Crippen LogP contribution in [-0.4, -0.2) is 37.8 Å². The number of nitrogens with zero attached hydrogens (tertiary/aromatic N) is 2. The first kappa shape index (κ1) is 20.6. The van der Waals surface area contributed by atoms with Crippen LogP contribution >= 0.6 is 0 Å². The van der Waals surface area contributed by atoms with Gasteiger partial charge in [0.15, 0.2) is 0 Å². The van der Waals surface area contributed by atoms with Gasteiger partial charge in [-0.1, -0.05) is 36.4 Å². The van der Waals surface area contributed by atoms with Crippen molar-refractivity contribution in [2.75, 3.05) is 26.1 Å². The van der Waals surface area contributed by atoms with Crippen LogP contribution in [0.25, 0.3) is 10.8 Å². The summed E-state index contributed by atoms with van der Waals surface area (Å²) in [5.74, 6) is 0.0165. The molecule has 0 atom stereocenters. The molecule has 9 heteroatoms. The lowest BCUT2D eigenvalue weighted by atomic mass is 10.1. The number of nitrogens with one attached hydrogen (secondary N) is 2. The minimum absolute atomic E-state index is 0.00520. The Labute approximate surface area is 172 Å². The molecule has 0 aliphatic heterocycles. The molecule has 0 heterocycles. The predicted molar refractivity (Wildman–Crippen MR) is 114 cm³/mol. The zero-order valence-electron chi connectivity index (χ0n) is 16.4. The summed E-state index contributed by atoms with van der Waals surface area (Å²) in [7, 11) is 2.75. The Kier molecular flexibility index (Phi) is 6.43. The Bertz CT molecular complexity index is 1110. The average Bonchev–Trinajstić information content (AvgIpc) is 2.77. The Hall–Kier alpha value is -4.14. The van der Waals surface area contributed by atoms with Gasteiger partial charge in [-0.15, -0.1) is 0 Å². The molecule has 9 nitrogen and oxygen atoms in total. The highest BCUT2D eigenvalue weighted by Crippen LogP contribution is 2.33. The van der Waals surface area contributed by atoms with Gasteiger partial charge < -0.3 is 14.8 Å². The van der Waals surface area contributed by atoms with E-state index in [2.05, 4.69) is 15.8 Å². The number of hydrogen-bond acceptors (Lipinski definition) is 7. The molecule has 154 valence electrons. The molecule has 0 radical (unpaired) electrons. The Morgan fingerprint density at radius 3 is 2.57 bits per heavy atom. The first-order chi connectivity index (χ1) is 14.5. The lowest BCUT2D eigenvalue weighted by Gasteiger charge is -2.09. The molecule has 3 aromatic rings. The molecule has 2 N–H and O–H groups in total.